The van der Waals surface area contributed by atoms with Gasteiger partial charge >= 0.3 is 0 Å². The molecule has 122 valence electrons. The van der Waals surface area contributed by atoms with Gasteiger partial charge in [0, 0.05) is 12.1 Å². The van der Waals surface area contributed by atoms with Crippen molar-refractivity contribution in [1.82, 2.24) is 5.32 Å². The van der Waals surface area contributed by atoms with Crippen LogP contribution in [0.2, 0.25) is 0 Å². The van der Waals surface area contributed by atoms with E-state index >= 15 is 0 Å². The van der Waals surface area contributed by atoms with Crippen molar-refractivity contribution in [3.05, 3.63) is 59.7 Å². The first-order chi connectivity index (χ1) is 11.2. The molecule has 0 aliphatic carbocycles. The molecule has 1 amide bonds. The number of amides is 1. The molecule has 4 heteroatoms. The summed E-state index contributed by atoms with van der Waals surface area (Å²) in [7, 11) is 1.62. The van der Waals surface area contributed by atoms with Crippen LogP contribution in [0.15, 0.2) is 48.5 Å². The van der Waals surface area contributed by atoms with E-state index in [1.165, 1.54) is 0 Å². The van der Waals surface area contributed by atoms with Gasteiger partial charge in [0.15, 0.2) is 6.10 Å². The van der Waals surface area contributed by atoms with Crippen molar-refractivity contribution in [2.24, 2.45) is 0 Å². The lowest BCUT2D eigenvalue weighted by molar-refractivity contribution is -0.127. The molecule has 0 radical (unpaired) electrons. The highest BCUT2D eigenvalue weighted by Crippen LogP contribution is 2.20. The summed E-state index contributed by atoms with van der Waals surface area (Å²) in [4.78, 5) is 12.2. The van der Waals surface area contributed by atoms with Gasteiger partial charge in [0.1, 0.15) is 11.5 Å². The molecule has 0 aliphatic rings. The highest BCUT2D eigenvalue weighted by atomic mass is 16.5. The van der Waals surface area contributed by atoms with E-state index in [4.69, 9.17) is 9.47 Å². The number of hydrogen-bond acceptors (Lipinski definition) is 3. The molecule has 1 N–H and O–H groups in total. The van der Waals surface area contributed by atoms with Crippen LogP contribution >= 0.6 is 0 Å². The Balaban J connectivity index is 1.95. The van der Waals surface area contributed by atoms with E-state index in [1.54, 1.807) is 14.0 Å². The average Bonchev–Trinajstić information content (AvgIpc) is 2.60. The predicted octanol–water partition coefficient (Wildman–Crippen LogP) is 3.34. The number of para-hydroxylation sites is 2. The Labute approximate surface area is 137 Å². The Morgan fingerprint density at radius 3 is 2.30 bits per heavy atom. The molecule has 4 nitrogen and oxygen atoms in total. The maximum Gasteiger partial charge on any atom is 0.261 e. The topological polar surface area (TPSA) is 47.6 Å². The van der Waals surface area contributed by atoms with Gasteiger partial charge in [0.05, 0.1) is 7.11 Å². The summed E-state index contributed by atoms with van der Waals surface area (Å²) in [6, 6.07) is 15.4. The van der Waals surface area contributed by atoms with Crippen LogP contribution in [0.5, 0.6) is 11.5 Å². The minimum Gasteiger partial charge on any atom is -0.496 e. The molecular weight excluding hydrogens is 290 g/mol. The minimum absolute atomic E-state index is 0.151. The van der Waals surface area contributed by atoms with Crippen LogP contribution < -0.4 is 14.8 Å². The molecular formula is C19H23NO3. The van der Waals surface area contributed by atoms with Gasteiger partial charge < -0.3 is 14.8 Å². The Hall–Kier alpha value is -2.49. The third kappa shape index (κ3) is 4.49. The van der Waals surface area contributed by atoms with Gasteiger partial charge in [-0.15, -0.1) is 0 Å². The molecule has 0 saturated carbocycles. The molecule has 23 heavy (non-hydrogen) atoms. The third-order valence-electron chi connectivity index (χ3n) is 3.67. The van der Waals surface area contributed by atoms with E-state index in [0.717, 1.165) is 29.0 Å². The van der Waals surface area contributed by atoms with Gasteiger partial charge in [0.25, 0.3) is 5.91 Å². The van der Waals surface area contributed by atoms with Crippen LogP contribution in [0.3, 0.4) is 0 Å². The molecule has 0 spiro atoms. The van der Waals surface area contributed by atoms with Crippen molar-refractivity contribution in [1.29, 1.82) is 0 Å². The van der Waals surface area contributed by atoms with Crippen molar-refractivity contribution >= 4 is 5.91 Å². The zero-order chi connectivity index (χ0) is 16.7. The summed E-state index contributed by atoms with van der Waals surface area (Å²) < 4.78 is 11.1. The molecule has 2 aromatic rings. The standard InChI is InChI=1S/C19H23NO3/c1-4-15-9-5-8-12-18(15)23-14(2)19(21)20-13-16-10-6-7-11-17(16)22-3/h5-12,14H,4,13H2,1-3H3,(H,20,21). The van der Waals surface area contributed by atoms with Crippen LogP contribution in [0.1, 0.15) is 25.0 Å². The lowest BCUT2D eigenvalue weighted by atomic mass is 10.1. The number of rotatable bonds is 7. The largest absolute Gasteiger partial charge is 0.496 e. The number of carbonyl (C=O) groups is 1. The molecule has 0 aromatic heterocycles. The first-order valence-corrected chi connectivity index (χ1v) is 7.79. The maximum absolute atomic E-state index is 12.2. The minimum atomic E-state index is -0.558. The van der Waals surface area contributed by atoms with Crippen LogP contribution in [0.4, 0.5) is 0 Å². The number of aryl methyl sites for hydroxylation is 1. The summed E-state index contributed by atoms with van der Waals surface area (Å²) in [5.74, 6) is 1.37. The van der Waals surface area contributed by atoms with Crippen molar-refractivity contribution in [2.45, 2.75) is 32.9 Å². The number of hydrogen-bond donors (Lipinski definition) is 1. The Morgan fingerprint density at radius 1 is 1.04 bits per heavy atom. The summed E-state index contributed by atoms with van der Waals surface area (Å²) in [5, 5.41) is 2.89. The molecule has 2 rings (SSSR count). The average molecular weight is 313 g/mol. The van der Waals surface area contributed by atoms with Crippen molar-refractivity contribution in [3.63, 3.8) is 0 Å². The van der Waals surface area contributed by atoms with Crippen LogP contribution in [-0.4, -0.2) is 19.1 Å². The predicted molar refractivity (Wildman–Crippen MR) is 90.8 cm³/mol. The van der Waals surface area contributed by atoms with Crippen LogP contribution in [0, 0.1) is 0 Å². The fourth-order valence-corrected chi connectivity index (χ4v) is 2.33. The summed E-state index contributed by atoms with van der Waals surface area (Å²) in [6.07, 6.45) is 0.309. The Kier molecular flexibility index (Phi) is 6.03. The fraction of sp³-hybridized carbons (Fsp3) is 0.316. The Morgan fingerprint density at radius 2 is 1.65 bits per heavy atom. The SMILES string of the molecule is CCc1ccccc1OC(C)C(=O)NCc1ccccc1OC. The summed E-state index contributed by atoms with van der Waals surface area (Å²) in [6.45, 7) is 4.23. The normalized spacial score (nSPS) is 11.6. The lowest BCUT2D eigenvalue weighted by Gasteiger charge is -2.17. The molecule has 1 atom stereocenters. The number of ether oxygens (including phenoxy) is 2. The van der Waals surface area contributed by atoms with Gasteiger partial charge in [-0.3, -0.25) is 4.79 Å². The van der Waals surface area contributed by atoms with Gasteiger partial charge in [-0.2, -0.15) is 0 Å². The number of carbonyl (C=O) groups excluding carboxylic acids is 1. The zero-order valence-electron chi connectivity index (χ0n) is 13.8. The maximum atomic E-state index is 12.2. The van der Waals surface area contributed by atoms with Crippen molar-refractivity contribution in [2.75, 3.05) is 7.11 Å². The summed E-state index contributed by atoms with van der Waals surface area (Å²) in [5.41, 5.74) is 2.03. The van der Waals surface area contributed by atoms with Gasteiger partial charge in [-0.05, 0) is 31.0 Å². The number of nitrogens with one attached hydrogen (secondary N) is 1. The molecule has 1 unspecified atom stereocenters. The second-order valence-electron chi connectivity index (χ2n) is 5.25. The van der Waals surface area contributed by atoms with E-state index in [2.05, 4.69) is 12.2 Å². The molecule has 0 aliphatic heterocycles. The number of benzene rings is 2. The fourth-order valence-electron chi connectivity index (χ4n) is 2.33. The molecule has 2 aromatic carbocycles. The van der Waals surface area contributed by atoms with E-state index in [1.807, 2.05) is 48.5 Å². The van der Waals surface area contributed by atoms with Gasteiger partial charge in [-0.25, -0.2) is 0 Å². The third-order valence-corrected chi connectivity index (χ3v) is 3.67. The van der Waals surface area contributed by atoms with Crippen LogP contribution in [-0.2, 0) is 17.8 Å². The highest BCUT2D eigenvalue weighted by molar-refractivity contribution is 5.80. The molecule has 0 heterocycles. The second kappa shape index (κ2) is 8.22. The van der Waals surface area contributed by atoms with Gasteiger partial charge in [-0.1, -0.05) is 43.3 Å². The van der Waals surface area contributed by atoms with Crippen molar-refractivity contribution in [3.8, 4) is 11.5 Å². The van der Waals surface area contributed by atoms with E-state index in [0.29, 0.717) is 6.54 Å². The second-order valence-corrected chi connectivity index (χ2v) is 5.25. The first kappa shape index (κ1) is 16.9. The monoisotopic (exact) mass is 313 g/mol. The van der Waals surface area contributed by atoms with Gasteiger partial charge in [0.2, 0.25) is 0 Å². The van der Waals surface area contributed by atoms with Crippen LogP contribution in [0.25, 0.3) is 0 Å². The van der Waals surface area contributed by atoms with Crippen molar-refractivity contribution < 1.29 is 14.3 Å². The first-order valence-electron chi connectivity index (χ1n) is 7.79. The number of methoxy groups -OCH3 is 1. The van der Waals surface area contributed by atoms with E-state index in [9.17, 15) is 4.79 Å². The summed E-state index contributed by atoms with van der Waals surface area (Å²) >= 11 is 0. The zero-order valence-corrected chi connectivity index (χ0v) is 13.8. The molecule has 0 bridgehead atoms. The quantitative estimate of drug-likeness (QED) is 0.853. The highest BCUT2D eigenvalue weighted by Gasteiger charge is 2.16. The van der Waals surface area contributed by atoms with E-state index in [-0.39, 0.29) is 5.91 Å². The lowest BCUT2D eigenvalue weighted by Crippen LogP contribution is -2.36. The van der Waals surface area contributed by atoms with E-state index < -0.39 is 6.10 Å². The smallest absolute Gasteiger partial charge is 0.261 e. The Bertz CT molecular complexity index is 655. The molecule has 0 saturated heterocycles. The molecule has 0 fully saturated rings.